The first-order chi connectivity index (χ1) is 4.47. The highest BCUT2D eigenvalue weighted by atomic mass is 16.5. The van der Waals surface area contributed by atoms with Gasteiger partial charge in [-0.2, -0.15) is 0 Å². The van der Waals surface area contributed by atoms with Crippen molar-refractivity contribution >= 4 is 0 Å². The highest BCUT2D eigenvalue weighted by Crippen LogP contribution is 2.20. The summed E-state index contributed by atoms with van der Waals surface area (Å²) in [6.45, 7) is 2.17. The van der Waals surface area contributed by atoms with Gasteiger partial charge < -0.3 is 10.1 Å². The summed E-state index contributed by atoms with van der Waals surface area (Å²) in [5.74, 6) is 0. The minimum absolute atomic E-state index is 0.554. The van der Waals surface area contributed by atoms with Crippen molar-refractivity contribution in [1.29, 1.82) is 0 Å². The van der Waals surface area contributed by atoms with Crippen molar-refractivity contribution in [1.82, 2.24) is 5.32 Å². The number of hydrogen-bond acceptors (Lipinski definition) is 2. The molecule has 0 unspecified atom stereocenters. The summed E-state index contributed by atoms with van der Waals surface area (Å²) >= 11 is 0. The Hall–Kier alpha value is -0.0800. The monoisotopic (exact) mass is 127 g/mol. The lowest BCUT2D eigenvalue weighted by atomic mass is 10.0. The Morgan fingerprint density at radius 2 is 2.33 bits per heavy atom. The van der Waals surface area contributed by atoms with Crippen LogP contribution in [0.25, 0.3) is 0 Å². The maximum atomic E-state index is 5.49. The Labute approximate surface area is 55.6 Å². The predicted molar refractivity (Wildman–Crippen MR) is 35.4 cm³/mol. The molecule has 1 N–H and O–H groups in total. The molecule has 0 aromatic rings. The van der Waals surface area contributed by atoms with Crippen molar-refractivity contribution in [3.8, 4) is 0 Å². The summed E-state index contributed by atoms with van der Waals surface area (Å²) in [7, 11) is 0. The molecule has 2 aliphatic heterocycles. The van der Waals surface area contributed by atoms with Gasteiger partial charge in [-0.25, -0.2) is 0 Å². The highest BCUT2D eigenvalue weighted by Gasteiger charge is 2.29. The molecule has 2 fully saturated rings. The number of fused-ring (bicyclic) bond motifs is 1. The Kier molecular flexibility index (Phi) is 1.44. The van der Waals surface area contributed by atoms with Crippen LogP contribution in [0.3, 0.4) is 0 Å². The predicted octanol–water partition coefficient (Wildman–Crippen LogP) is 0.527. The average molecular weight is 127 g/mol. The minimum atomic E-state index is 0.554. The van der Waals surface area contributed by atoms with Crippen molar-refractivity contribution in [2.75, 3.05) is 13.2 Å². The third-order valence-corrected chi connectivity index (χ3v) is 2.28. The molecule has 9 heavy (non-hydrogen) atoms. The molecule has 0 aliphatic carbocycles. The number of rotatable bonds is 0. The van der Waals surface area contributed by atoms with E-state index in [1.165, 1.54) is 25.8 Å². The van der Waals surface area contributed by atoms with E-state index in [1.54, 1.807) is 0 Å². The van der Waals surface area contributed by atoms with Gasteiger partial charge in [0, 0.05) is 12.6 Å². The molecule has 0 aromatic heterocycles. The van der Waals surface area contributed by atoms with Crippen LogP contribution < -0.4 is 5.32 Å². The topological polar surface area (TPSA) is 21.3 Å². The Bertz CT molecular complexity index is 93.1. The van der Waals surface area contributed by atoms with Gasteiger partial charge in [-0.3, -0.25) is 0 Å². The van der Waals surface area contributed by atoms with Gasteiger partial charge in [0.25, 0.3) is 0 Å². The summed E-state index contributed by atoms with van der Waals surface area (Å²) in [4.78, 5) is 0. The minimum Gasteiger partial charge on any atom is -0.377 e. The first-order valence-electron chi connectivity index (χ1n) is 3.82. The quantitative estimate of drug-likeness (QED) is 0.512. The molecule has 52 valence electrons. The first kappa shape index (κ1) is 5.69. The third-order valence-electron chi connectivity index (χ3n) is 2.28. The van der Waals surface area contributed by atoms with Gasteiger partial charge >= 0.3 is 0 Å². The highest BCUT2D eigenvalue weighted by molar-refractivity contribution is 4.85. The molecule has 0 amide bonds. The van der Waals surface area contributed by atoms with E-state index in [4.69, 9.17) is 4.74 Å². The molecule has 0 aromatic carbocycles. The van der Waals surface area contributed by atoms with Gasteiger partial charge in [0.05, 0.1) is 6.10 Å². The van der Waals surface area contributed by atoms with Crippen molar-refractivity contribution in [3.63, 3.8) is 0 Å². The molecule has 0 bridgehead atoms. The Morgan fingerprint density at radius 1 is 1.33 bits per heavy atom. The molecule has 0 saturated carbocycles. The fourth-order valence-corrected chi connectivity index (χ4v) is 1.76. The smallest absolute Gasteiger partial charge is 0.0729 e. The number of nitrogens with one attached hydrogen (secondary N) is 1. The van der Waals surface area contributed by atoms with Crippen LogP contribution in [0.1, 0.15) is 19.3 Å². The number of piperidine rings is 1. The second-order valence-electron chi connectivity index (χ2n) is 2.90. The van der Waals surface area contributed by atoms with Gasteiger partial charge in [0.15, 0.2) is 0 Å². The van der Waals surface area contributed by atoms with Crippen LogP contribution >= 0.6 is 0 Å². The Balaban J connectivity index is 1.97. The van der Waals surface area contributed by atoms with Crippen LogP contribution in [0.5, 0.6) is 0 Å². The second kappa shape index (κ2) is 2.27. The van der Waals surface area contributed by atoms with Gasteiger partial charge in [0.1, 0.15) is 0 Å². The fraction of sp³-hybridized carbons (Fsp3) is 1.00. The van der Waals surface area contributed by atoms with E-state index in [2.05, 4.69) is 5.32 Å². The van der Waals surface area contributed by atoms with Crippen LogP contribution in [0.15, 0.2) is 0 Å². The largest absolute Gasteiger partial charge is 0.377 e. The van der Waals surface area contributed by atoms with E-state index in [0.717, 1.165) is 6.61 Å². The van der Waals surface area contributed by atoms with Crippen LogP contribution in [0.2, 0.25) is 0 Å². The summed E-state index contributed by atoms with van der Waals surface area (Å²) in [6, 6.07) is 0.693. The molecular formula is C7H13NO. The van der Waals surface area contributed by atoms with Crippen LogP contribution in [-0.4, -0.2) is 25.3 Å². The van der Waals surface area contributed by atoms with Crippen LogP contribution in [0, 0.1) is 0 Å². The molecule has 2 heteroatoms. The first-order valence-corrected chi connectivity index (χ1v) is 3.82. The zero-order valence-electron chi connectivity index (χ0n) is 5.60. The van der Waals surface area contributed by atoms with E-state index >= 15 is 0 Å². The molecule has 0 spiro atoms. The lowest BCUT2D eigenvalue weighted by Crippen LogP contribution is -2.41. The van der Waals surface area contributed by atoms with Gasteiger partial charge in [-0.15, -0.1) is 0 Å². The van der Waals surface area contributed by atoms with Gasteiger partial charge in [-0.1, -0.05) is 0 Å². The molecule has 2 nitrogen and oxygen atoms in total. The molecule has 2 saturated heterocycles. The summed E-state index contributed by atoms with van der Waals surface area (Å²) < 4.78 is 5.49. The lowest BCUT2D eigenvalue weighted by molar-refractivity contribution is 0.0789. The third kappa shape index (κ3) is 0.970. The average Bonchev–Trinajstić information content (AvgIpc) is 2.33. The van der Waals surface area contributed by atoms with Crippen molar-refractivity contribution in [3.05, 3.63) is 0 Å². The Morgan fingerprint density at radius 3 is 3.22 bits per heavy atom. The van der Waals surface area contributed by atoms with Gasteiger partial charge in [0.2, 0.25) is 0 Å². The van der Waals surface area contributed by atoms with Crippen molar-refractivity contribution in [2.24, 2.45) is 0 Å². The van der Waals surface area contributed by atoms with E-state index in [9.17, 15) is 0 Å². The standard InChI is InChI=1S/C7H13NO/c1-2-7-6(8-4-1)3-5-9-7/h6-8H,1-5H2/t6-,7+/m1/s1. The number of hydrogen-bond donors (Lipinski definition) is 1. The molecule has 0 radical (unpaired) electrons. The fourth-order valence-electron chi connectivity index (χ4n) is 1.76. The normalized spacial score (nSPS) is 42.7. The SMILES string of the molecule is C1CN[C@@H]2CCO[C@H]2C1. The molecule has 2 rings (SSSR count). The zero-order chi connectivity index (χ0) is 6.10. The van der Waals surface area contributed by atoms with Crippen LogP contribution in [-0.2, 0) is 4.74 Å². The molecule has 2 heterocycles. The zero-order valence-corrected chi connectivity index (χ0v) is 5.60. The second-order valence-corrected chi connectivity index (χ2v) is 2.90. The summed E-state index contributed by atoms with van der Waals surface area (Å²) in [5, 5.41) is 3.46. The number of ether oxygens (including phenoxy) is 1. The van der Waals surface area contributed by atoms with Crippen molar-refractivity contribution in [2.45, 2.75) is 31.4 Å². The van der Waals surface area contributed by atoms with E-state index in [0.29, 0.717) is 12.1 Å². The summed E-state index contributed by atoms with van der Waals surface area (Å²) in [5.41, 5.74) is 0. The van der Waals surface area contributed by atoms with Crippen LogP contribution in [0.4, 0.5) is 0 Å². The molecule has 2 aliphatic rings. The lowest BCUT2D eigenvalue weighted by Gasteiger charge is -2.24. The summed E-state index contributed by atoms with van der Waals surface area (Å²) in [6.07, 6.45) is 4.35. The van der Waals surface area contributed by atoms with Gasteiger partial charge in [-0.05, 0) is 25.8 Å². The maximum absolute atomic E-state index is 5.49. The molecular weight excluding hydrogens is 114 g/mol. The van der Waals surface area contributed by atoms with E-state index in [1.807, 2.05) is 0 Å². The van der Waals surface area contributed by atoms with E-state index in [-0.39, 0.29) is 0 Å². The van der Waals surface area contributed by atoms with Crippen molar-refractivity contribution < 1.29 is 4.74 Å². The molecule has 2 atom stereocenters. The maximum Gasteiger partial charge on any atom is 0.0729 e. The van der Waals surface area contributed by atoms with E-state index < -0.39 is 0 Å².